The van der Waals surface area contributed by atoms with Gasteiger partial charge >= 0.3 is 5.97 Å². The largest absolute Gasteiger partial charge is 0.462 e. The number of nitrogens with zero attached hydrogens (tertiary/aromatic N) is 2. The molecule has 4 nitrogen and oxygen atoms in total. The molecule has 0 amide bonds. The molecular weight excluding hydrogens is 228 g/mol. The Balaban J connectivity index is 2.72. The Morgan fingerprint density at radius 2 is 1.50 bits per heavy atom. The first-order valence-electron chi connectivity index (χ1n) is 6.86. The molecule has 0 spiro atoms. The Bertz CT molecular complexity index is 249. The first-order valence-corrected chi connectivity index (χ1v) is 6.86. The molecule has 0 unspecified atom stereocenters. The summed E-state index contributed by atoms with van der Waals surface area (Å²) in [6, 6.07) is 0. The minimum atomic E-state index is -0.144. The quantitative estimate of drug-likeness (QED) is 0.697. The molecule has 1 saturated carbocycles. The zero-order valence-electron chi connectivity index (χ0n) is 12.5. The standard InChI is InChI=1S/C14H28N2O2/c1-11(17)18-14-12(9-15(2)3)7-6-8-13(14)10-16(4)5/h12-14H,6-10H2,1-5H3/t12-,13-/m1/s1. The van der Waals surface area contributed by atoms with Crippen molar-refractivity contribution in [1.29, 1.82) is 0 Å². The van der Waals surface area contributed by atoms with Crippen LogP contribution in [0.2, 0.25) is 0 Å². The molecule has 18 heavy (non-hydrogen) atoms. The molecule has 0 aromatic heterocycles. The van der Waals surface area contributed by atoms with Crippen molar-refractivity contribution >= 4 is 5.97 Å². The van der Waals surface area contributed by atoms with E-state index in [0.717, 1.165) is 13.1 Å². The molecule has 0 aromatic rings. The van der Waals surface area contributed by atoms with Gasteiger partial charge in [0.15, 0.2) is 0 Å². The Morgan fingerprint density at radius 1 is 1.06 bits per heavy atom. The van der Waals surface area contributed by atoms with Crippen LogP contribution in [0.5, 0.6) is 0 Å². The van der Waals surface area contributed by atoms with E-state index in [1.165, 1.54) is 26.2 Å². The van der Waals surface area contributed by atoms with Crippen molar-refractivity contribution in [3.63, 3.8) is 0 Å². The number of hydrogen-bond acceptors (Lipinski definition) is 4. The van der Waals surface area contributed by atoms with Gasteiger partial charge in [-0.05, 0) is 41.0 Å². The van der Waals surface area contributed by atoms with E-state index < -0.39 is 0 Å². The summed E-state index contributed by atoms with van der Waals surface area (Å²) in [6.45, 7) is 3.53. The fourth-order valence-electron chi connectivity index (χ4n) is 3.07. The number of carbonyl (C=O) groups excluding carboxylic acids is 1. The van der Waals surface area contributed by atoms with Crippen LogP contribution in [-0.2, 0) is 9.53 Å². The molecule has 0 aromatic carbocycles. The van der Waals surface area contributed by atoms with Gasteiger partial charge in [-0.15, -0.1) is 0 Å². The highest BCUT2D eigenvalue weighted by Gasteiger charge is 2.35. The van der Waals surface area contributed by atoms with Crippen molar-refractivity contribution in [3.05, 3.63) is 0 Å². The third-order valence-corrected chi connectivity index (χ3v) is 3.58. The third-order valence-electron chi connectivity index (χ3n) is 3.58. The second kappa shape index (κ2) is 7.10. The van der Waals surface area contributed by atoms with Gasteiger partial charge in [0.2, 0.25) is 0 Å². The molecule has 1 aliphatic rings. The maximum absolute atomic E-state index is 11.3. The molecule has 1 fully saturated rings. The van der Waals surface area contributed by atoms with Crippen LogP contribution in [0, 0.1) is 11.8 Å². The van der Waals surface area contributed by atoms with Crippen LogP contribution in [0.15, 0.2) is 0 Å². The predicted molar refractivity (Wildman–Crippen MR) is 73.5 cm³/mol. The summed E-state index contributed by atoms with van der Waals surface area (Å²) in [5, 5.41) is 0. The van der Waals surface area contributed by atoms with Crippen LogP contribution in [-0.4, -0.2) is 63.2 Å². The lowest BCUT2D eigenvalue weighted by molar-refractivity contribution is -0.156. The highest BCUT2D eigenvalue weighted by Crippen LogP contribution is 2.32. The van der Waals surface area contributed by atoms with E-state index in [0.29, 0.717) is 11.8 Å². The van der Waals surface area contributed by atoms with Gasteiger partial charge in [-0.3, -0.25) is 4.79 Å². The molecule has 2 atom stereocenters. The summed E-state index contributed by atoms with van der Waals surface area (Å²) in [6.07, 6.45) is 3.66. The van der Waals surface area contributed by atoms with Crippen molar-refractivity contribution in [2.24, 2.45) is 11.8 Å². The summed E-state index contributed by atoms with van der Waals surface area (Å²) >= 11 is 0. The zero-order chi connectivity index (χ0) is 13.7. The van der Waals surface area contributed by atoms with E-state index in [1.807, 2.05) is 0 Å². The van der Waals surface area contributed by atoms with Crippen molar-refractivity contribution in [2.45, 2.75) is 32.3 Å². The highest BCUT2D eigenvalue weighted by molar-refractivity contribution is 5.66. The van der Waals surface area contributed by atoms with E-state index in [2.05, 4.69) is 38.0 Å². The Morgan fingerprint density at radius 3 is 1.83 bits per heavy atom. The molecule has 0 radical (unpaired) electrons. The molecular formula is C14H28N2O2. The third kappa shape index (κ3) is 4.94. The van der Waals surface area contributed by atoms with Gasteiger partial charge in [-0.1, -0.05) is 6.42 Å². The van der Waals surface area contributed by atoms with Crippen molar-refractivity contribution < 1.29 is 9.53 Å². The first kappa shape index (κ1) is 15.4. The number of ether oxygens (including phenoxy) is 1. The van der Waals surface area contributed by atoms with Crippen LogP contribution in [0.25, 0.3) is 0 Å². The van der Waals surface area contributed by atoms with Gasteiger partial charge < -0.3 is 14.5 Å². The molecule has 0 bridgehead atoms. The first-order chi connectivity index (χ1) is 8.40. The van der Waals surface area contributed by atoms with E-state index in [-0.39, 0.29) is 12.1 Å². The van der Waals surface area contributed by atoms with Gasteiger partial charge in [0.05, 0.1) is 0 Å². The number of carbonyl (C=O) groups is 1. The molecule has 0 aliphatic heterocycles. The van der Waals surface area contributed by atoms with Gasteiger partial charge in [-0.25, -0.2) is 0 Å². The summed E-state index contributed by atoms with van der Waals surface area (Å²) in [7, 11) is 8.33. The fraction of sp³-hybridized carbons (Fsp3) is 0.929. The van der Waals surface area contributed by atoms with Gasteiger partial charge in [0.25, 0.3) is 0 Å². The molecule has 0 heterocycles. The minimum absolute atomic E-state index is 0.0843. The molecule has 106 valence electrons. The van der Waals surface area contributed by atoms with Gasteiger partial charge in [-0.2, -0.15) is 0 Å². The second-order valence-electron chi connectivity index (χ2n) is 6.05. The Labute approximate surface area is 111 Å². The number of hydrogen-bond donors (Lipinski definition) is 0. The fourth-order valence-corrected chi connectivity index (χ4v) is 3.07. The average Bonchev–Trinajstić information content (AvgIpc) is 2.20. The van der Waals surface area contributed by atoms with Crippen LogP contribution in [0.3, 0.4) is 0 Å². The number of rotatable bonds is 5. The summed E-state index contributed by atoms with van der Waals surface area (Å²) < 4.78 is 5.63. The van der Waals surface area contributed by atoms with Crippen LogP contribution in [0.1, 0.15) is 26.2 Å². The van der Waals surface area contributed by atoms with Crippen LogP contribution >= 0.6 is 0 Å². The van der Waals surface area contributed by atoms with Crippen LogP contribution < -0.4 is 0 Å². The van der Waals surface area contributed by atoms with E-state index in [9.17, 15) is 4.79 Å². The summed E-state index contributed by atoms with van der Waals surface area (Å²) in [4.78, 5) is 15.7. The van der Waals surface area contributed by atoms with Gasteiger partial charge in [0.1, 0.15) is 6.10 Å². The van der Waals surface area contributed by atoms with Crippen LogP contribution in [0.4, 0.5) is 0 Å². The van der Waals surface area contributed by atoms with E-state index >= 15 is 0 Å². The number of esters is 1. The summed E-state index contributed by atoms with van der Waals surface area (Å²) in [5.74, 6) is 0.805. The molecule has 1 aliphatic carbocycles. The van der Waals surface area contributed by atoms with Crippen molar-refractivity contribution in [2.75, 3.05) is 41.3 Å². The zero-order valence-corrected chi connectivity index (χ0v) is 12.5. The molecule has 0 N–H and O–H groups in total. The predicted octanol–water partition coefficient (Wildman–Crippen LogP) is 1.46. The topological polar surface area (TPSA) is 32.8 Å². The monoisotopic (exact) mass is 256 g/mol. The summed E-state index contributed by atoms with van der Waals surface area (Å²) in [5.41, 5.74) is 0. The van der Waals surface area contributed by atoms with E-state index in [4.69, 9.17) is 4.74 Å². The molecule has 4 heteroatoms. The lowest BCUT2D eigenvalue weighted by Gasteiger charge is -2.39. The second-order valence-corrected chi connectivity index (χ2v) is 6.05. The Kier molecular flexibility index (Phi) is 6.09. The minimum Gasteiger partial charge on any atom is -0.462 e. The highest BCUT2D eigenvalue weighted by atomic mass is 16.5. The van der Waals surface area contributed by atoms with Crippen molar-refractivity contribution in [3.8, 4) is 0 Å². The lowest BCUT2D eigenvalue weighted by atomic mass is 9.78. The van der Waals surface area contributed by atoms with E-state index in [1.54, 1.807) is 0 Å². The smallest absolute Gasteiger partial charge is 0.302 e. The van der Waals surface area contributed by atoms with Crippen molar-refractivity contribution in [1.82, 2.24) is 9.80 Å². The maximum atomic E-state index is 11.3. The maximum Gasteiger partial charge on any atom is 0.302 e. The SMILES string of the molecule is CC(=O)OC1[C@@H](CN(C)C)CCC[C@@H]1CN(C)C. The average molecular weight is 256 g/mol. The molecule has 0 saturated heterocycles. The van der Waals surface area contributed by atoms with Gasteiger partial charge in [0, 0.05) is 31.8 Å². The lowest BCUT2D eigenvalue weighted by Crippen LogP contribution is -2.45. The Hall–Kier alpha value is -0.610. The normalized spacial score (nSPS) is 25.7. The molecule has 1 rings (SSSR count).